The third kappa shape index (κ3) is 3.81. The van der Waals surface area contributed by atoms with Crippen LogP contribution in [0.3, 0.4) is 0 Å². The number of benzene rings is 1. The van der Waals surface area contributed by atoms with Crippen molar-refractivity contribution >= 4 is 27.3 Å². The number of anilines is 1. The van der Waals surface area contributed by atoms with Crippen LogP contribution in [0.4, 0.5) is 18.9 Å². The van der Waals surface area contributed by atoms with Gasteiger partial charge in [-0.1, -0.05) is 17.7 Å². The molecule has 1 aromatic carbocycles. The molecule has 0 fully saturated rings. The van der Waals surface area contributed by atoms with Gasteiger partial charge in [0.1, 0.15) is 5.15 Å². The van der Waals surface area contributed by atoms with Gasteiger partial charge in [0.15, 0.2) is 10.8 Å². The minimum atomic E-state index is -4.59. The van der Waals surface area contributed by atoms with E-state index in [1.54, 1.807) is 0 Å². The Morgan fingerprint density at radius 2 is 1.88 bits per heavy atom. The highest BCUT2D eigenvalue weighted by Gasteiger charge is 2.31. The second-order valence-electron chi connectivity index (χ2n) is 5.10. The van der Waals surface area contributed by atoms with Gasteiger partial charge in [-0.05, 0) is 30.3 Å². The average molecular weight is 403 g/mol. The van der Waals surface area contributed by atoms with Crippen molar-refractivity contribution in [3.63, 3.8) is 0 Å². The van der Waals surface area contributed by atoms with Gasteiger partial charge in [-0.25, -0.2) is 4.98 Å². The van der Waals surface area contributed by atoms with Crippen LogP contribution in [0.1, 0.15) is 5.56 Å². The maximum Gasteiger partial charge on any atom is 0.416 e. The lowest BCUT2D eigenvalue weighted by Gasteiger charge is -2.13. The number of aromatic nitrogens is 3. The van der Waals surface area contributed by atoms with Crippen molar-refractivity contribution in [3.05, 3.63) is 65.7 Å². The van der Waals surface area contributed by atoms with Crippen LogP contribution in [0.2, 0.25) is 5.15 Å². The van der Waals surface area contributed by atoms with E-state index in [-0.39, 0.29) is 21.7 Å². The van der Waals surface area contributed by atoms with Crippen LogP contribution >= 0.6 is 11.6 Å². The molecule has 3 aromatic rings. The maximum absolute atomic E-state index is 12.8. The van der Waals surface area contributed by atoms with Crippen molar-refractivity contribution in [1.82, 2.24) is 14.5 Å². The fraction of sp³-hybridized carbons (Fsp3) is 0.0667. The number of hydrogen-bond acceptors (Lipinski definition) is 4. The monoisotopic (exact) mass is 402 g/mol. The van der Waals surface area contributed by atoms with E-state index >= 15 is 0 Å². The summed E-state index contributed by atoms with van der Waals surface area (Å²) in [7, 11) is -4.19. The molecule has 0 bridgehead atoms. The highest BCUT2D eigenvalue weighted by molar-refractivity contribution is 7.92. The zero-order valence-electron chi connectivity index (χ0n) is 12.8. The number of sulfonamides is 1. The van der Waals surface area contributed by atoms with E-state index < -0.39 is 21.8 Å². The Labute approximate surface area is 151 Å². The Hall–Kier alpha value is -2.59. The molecule has 0 spiro atoms. The summed E-state index contributed by atoms with van der Waals surface area (Å²) >= 11 is 5.76. The fourth-order valence-corrected chi connectivity index (χ4v) is 3.54. The summed E-state index contributed by atoms with van der Waals surface area (Å²) in [4.78, 5) is 7.80. The van der Waals surface area contributed by atoms with Crippen molar-refractivity contribution in [2.45, 2.75) is 11.2 Å². The van der Waals surface area contributed by atoms with Gasteiger partial charge in [-0.2, -0.15) is 21.6 Å². The van der Waals surface area contributed by atoms with Crippen LogP contribution in [-0.2, 0) is 16.2 Å². The number of alkyl halides is 3. The normalized spacial score (nSPS) is 12.2. The molecule has 0 aliphatic carbocycles. The summed E-state index contributed by atoms with van der Waals surface area (Å²) in [6, 6.07) is 6.62. The third-order valence-corrected chi connectivity index (χ3v) is 4.84. The number of hydrogen-bond donors (Lipinski definition) is 1. The molecule has 0 unspecified atom stereocenters. The second-order valence-corrected chi connectivity index (χ2v) is 7.12. The van der Waals surface area contributed by atoms with Crippen molar-refractivity contribution < 1.29 is 21.6 Å². The minimum absolute atomic E-state index is 0.0605. The summed E-state index contributed by atoms with van der Waals surface area (Å²) in [5.41, 5.74) is -1.18. The van der Waals surface area contributed by atoms with Gasteiger partial charge in [-0.3, -0.25) is 14.3 Å². The van der Waals surface area contributed by atoms with E-state index in [0.29, 0.717) is 6.07 Å². The highest BCUT2D eigenvalue weighted by atomic mass is 35.5. The molecule has 1 N–H and O–H groups in total. The zero-order valence-corrected chi connectivity index (χ0v) is 14.3. The summed E-state index contributed by atoms with van der Waals surface area (Å²) < 4.78 is 66.9. The predicted octanol–water partition coefficient (Wildman–Crippen LogP) is 3.74. The molecule has 0 aliphatic heterocycles. The summed E-state index contributed by atoms with van der Waals surface area (Å²) in [6.45, 7) is 0. The number of rotatable bonds is 4. The lowest BCUT2D eigenvalue weighted by molar-refractivity contribution is -0.137. The van der Waals surface area contributed by atoms with Crippen LogP contribution in [0, 0.1) is 0 Å². The first kappa shape index (κ1) is 18.2. The van der Waals surface area contributed by atoms with Gasteiger partial charge in [0.05, 0.1) is 18.0 Å². The topological polar surface area (TPSA) is 76.9 Å². The smallest absolute Gasteiger partial charge is 0.289 e. The molecule has 2 heterocycles. The molecule has 0 aliphatic rings. The molecule has 11 heteroatoms. The van der Waals surface area contributed by atoms with E-state index in [1.165, 1.54) is 41.4 Å². The van der Waals surface area contributed by atoms with E-state index in [4.69, 9.17) is 11.6 Å². The zero-order chi connectivity index (χ0) is 18.9. The van der Waals surface area contributed by atoms with Crippen molar-refractivity contribution in [1.29, 1.82) is 0 Å². The number of nitrogens with zero attached hydrogens (tertiary/aromatic N) is 3. The first-order valence-electron chi connectivity index (χ1n) is 7.02. The quantitative estimate of drug-likeness (QED) is 0.721. The molecular formula is C15H10ClF3N4O2S. The van der Waals surface area contributed by atoms with Gasteiger partial charge < -0.3 is 0 Å². The lowest BCUT2D eigenvalue weighted by Crippen LogP contribution is -2.17. The van der Waals surface area contributed by atoms with Crippen molar-refractivity contribution in [3.8, 4) is 5.82 Å². The van der Waals surface area contributed by atoms with E-state index in [9.17, 15) is 21.6 Å². The lowest BCUT2D eigenvalue weighted by atomic mass is 10.2. The molecule has 0 saturated carbocycles. The van der Waals surface area contributed by atoms with Gasteiger partial charge >= 0.3 is 6.18 Å². The molecule has 0 amide bonds. The Kier molecular flexibility index (Phi) is 4.63. The van der Waals surface area contributed by atoms with Crippen LogP contribution in [0.5, 0.6) is 0 Å². The second kappa shape index (κ2) is 6.61. The van der Waals surface area contributed by atoms with Crippen LogP contribution < -0.4 is 4.72 Å². The molecule has 2 aromatic heterocycles. The molecule has 6 nitrogen and oxygen atoms in total. The van der Waals surface area contributed by atoms with Gasteiger partial charge in [0.2, 0.25) is 0 Å². The molecule has 0 saturated heterocycles. The maximum atomic E-state index is 12.8. The summed E-state index contributed by atoms with van der Waals surface area (Å²) in [6.07, 6.45) is -0.585. The third-order valence-electron chi connectivity index (χ3n) is 3.27. The SMILES string of the molecule is O=S(=O)(Nc1cccc(C(F)(F)F)c1)c1cccn1-c1cncc(Cl)n1. The molecule has 0 atom stereocenters. The predicted molar refractivity (Wildman–Crippen MR) is 88.6 cm³/mol. The van der Waals surface area contributed by atoms with Crippen LogP contribution in [0.25, 0.3) is 5.82 Å². The Balaban J connectivity index is 1.97. The summed E-state index contributed by atoms with van der Waals surface area (Å²) in [5, 5.41) is -0.170. The van der Waals surface area contributed by atoms with E-state index in [2.05, 4.69) is 14.7 Å². The minimum Gasteiger partial charge on any atom is -0.289 e. The molecule has 136 valence electrons. The Bertz CT molecular complexity index is 1050. The molecule has 3 rings (SSSR count). The Morgan fingerprint density at radius 1 is 1.12 bits per heavy atom. The number of nitrogens with one attached hydrogen (secondary N) is 1. The average Bonchev–Trinajstić information content (AvgIpc) is 3.04. The number of halogens is 4. The van der Waals surface area contributed by atoms with Gasteiger partial charge in [-0.15, -0.1) is 0 Å². The van der Waals surface area contributed by atoms with Crippen molar-refractivity contribution in [2.24, 2.45) is 0 Å². The largest absolute Gasteiger partial charge is 0.416 e. The van der Waals surface area contributed by atoms with E-state index in [1.807, 2.05) is 0 Å². The first-order chi connectivity index (χ1) is 12.2. The van der Waals surface area contributed by atoms with Crippen LogP contribution in [0.15, 0.2) is 60.0 Å². The highest BCUT2D eigenvalue weighted by Crippen LogP contribution is 2.31. The fourth-order valence-electron chi connectivity index (χ4n) is 2.19. The first-order valence-corrected chi connectivity index (χ1v) is 8.88. The standard InChI is InChI=1S/C15H10ClF3N4O2S/c16-12-8-20-9-13(21-12)23-6-2-5-14(23)26(24,25)22-11-4-1-3-10(7-11)15(17,18)19/h1-9,22H. The van der Waals surface area contributed by atoms with Crippen molar-refractivity contribution in [2.75, 3.05) is 4.72 Å². The molecular weight excluding hydrogens is 393 g/mol. The van der Waals surface area contributed by atoms with Gasteiger partial charge in [0, 0.05) is 11.9 Å². The Morgan fingerprint density at radius 3 is 2.58 bits per heavy atom. The summed E-state index contributed by atoms with van der Waals surface area (Å²) in [5.74, 6) is 0.145. The molecule has 26 heavy (non-hydrogen) atoms. The van der Waals surface area contributed by atoms with Gasteiger partial charge in [0.25, 0.3) is 10.0 Å². The van der Waals surface area contributed by atoms with Crippen LogP contribution in [-0.4, -0.2) is 23.0 Å². The van der Waals surface area contributed by atoms with E-state index in [0.717, 1.165) is 12.1 Å². The molecule has 0 radical (unpaired) electrons.